The molecule has 8 heteroatoms. The Labute approximate surface area is 142 Å². The van der Waals surface area contributed by atoms with Crippen molar-refractivity contribution in [3.8, 4) is 5.88 Å². The lowest BCUT2D eigenvalue weighted by molar-refractivity contribution is -0.384. The molecule has 0 fully saturated rings. The number of fused-ring (bicyclic) bond motifs is 1. The van der Waals surface area contributed by atoms with Gasteiger partial charge < -0.3 is 10.1 Å². The molecule has 126 valence electrons. The minimum Gasteiger partial charge on any atom is -0.493 e. The molecule has 0 saturated carbocycles. The number of rotatable bonds is 4. The van der Waals surface area contributed by atoms with Crippen LogP contribution in [0.4, 0.5) is 11.4 Å². The van der Waals surface area contributed by atoms with Gasteiger partial charge in [0.05, 0.1) is 10.4 Å². The summed E-state index contributed by atoms with van der Waals surface area (Å²) < 4.78 is 0. The van der Waals surface area contributed by atoms with Crippen LogP contribution in [0.15, 0.2) is 52.7 Å². The second-order valence-corrected chi connectivity index (χ2v) is 5.36. The zero-order valence-corrected chi connectivity index (χ0v) is 13.3. The molecule has 3 rings (SSSR count). The van der Waals surface area contributed by atoms with Crippen molar-refractivity contribution in [2.45, 2.75) is 13.3 Å². The molecule has 2 N–H and O–H groups in total. The van der Waals surface area contributed by atoms with Crippen molar-refractivity contribution in [2.75, 3.05) is 0 Å². The summed E-state index contributed by atoms with van der Waals surface area (Å²) in [5.74, 6) is -0.879. The van der Waals surface area contributed by atoms with Crippen LogP contribution < -0.4 is 0 Å². The maximum absolute atomic E-state index is 12.1. The highest BCUT2D eigenvalue weighted by molar-refractivity contribution is 5.97. The Hall–Kier alpha value is -3.55. The van der Waals surface area contributed by atoms with Crippen LogP contribution in [0.25, 0.3) is 10.9 Å². The predicted molar refractivity (Wildman–Crippen MR) is 91.3 cm³/mol. The van der Waals surface area contributed by atoms with E-state index in [4.69, 9.17) is 0 Å². The molecule has 0 spiro atoms. The number of nitro groups is 1. The normalized spacial score (nSPS) is 11.2. The van der Waals surface area contributed by atoms with Gasteiger partial charge in [0.1, 0.15) is 0 Å². The number of amides is 1. The average molecular weight is 338 g/mol. The first-order valence-electron chi connectivity index (χ1n) is 7.53. The maximum atomic E-state index is 12.1. The van der Waals surface area contributed by atoms with E-state index in [1.165, 1.54) is 18.2 Å². The Morgan fingerprint density at radius 3 is 2.60 bits per heavy atom. The summed E-state index contributed by atoms with van der Waals surface area (Å²) in [6.07, 6.45) is 0.859. The van der Waals surface area contributed by atoms with Gasteiger partial charge >= 0.3 is 0 Å². The van der Waals surface area contributed by atoms with Gasteiger partial charge in [-0.25, -0.2) is 0 Å². The average Bonchev–Trinajstić information content (AvgIpc) is 2.94. The van der Waals surface area contributed by atoms with Crippen molar-refractivity contribution in [2.24, 2.45) is 10.2 Å². The molecule has 3 aromatic rings. The highest BCUT2D eigenvalue weighted by Crippen LogP contribution is 2.37. The molecule has 8 nitrogen and oxygen atoms in total. The molecular formula is C17H14N4O4. The van der Waals surface area contributed by atoms with E-state index in [0.717, 1.165) is 12.0 Å². The molecule has 0 atom stereocenters. The third-order valence-electron chi connectivity index (χ3n) is 3.80. The molecule has 0 saturated heterocycles. The number of azo groups is 1. The number of non-ortho nitro benzene ring substituents is 1. The van der Waals surface area contributed by atoms with Gasteiger partial charge in [-0.1, -0.05) is 19.1 Å². The SMILES string of the molecule is CCc1ccc(C(=O)N=Nc2c(O)[nH]c3ccc([N+](=O)[O-])cc23)cc1. The Morgan fingerprint density at radius 2 is 1.96 bits per heavy atom. The molecule has 0 aliphatic rings. The summed E-state index contributed by atoms with van der Waals surface area (Å²) >= 11 is 0. The van der Waals surface area contributed by atoms with Gasteiger partial charge in [0.25, 0.3) is 11.6 Å². The number of aromatic nitrogens is 1. The van der Waals surface area contributed by atoms with E-state index >= 15 is 0 Å². The van der Waals surface area contributed by atoms with E-state index in [1.54, 1.807) is 12.1 Å². The third-order valence-corrected chi connectivity index (χ3v) is 3.80. The number of hydrogen-bond acceptors (Lipinski definition) is 5. The fraction of sp³-hybridized carbons (Fsp3) is 0.118. The number of hydrogen-bond donors (Lipinski definition) is 2. The van der Waals surface area contributed by atoms with Gasteiger partial charge in [-0.3, -0.25) is 14.9 Å². The lowest BCUT2D eigenvalue weighted by Crippen LogP contribution is -1.93. The van der Waals surface area contributed by atoms with Crippen molar-refractivity contribution in [3.05, 3.63) is 63.7 Å². The van der Waals surface area contributed by atoms with Crippen molar-refractivity contribution in [1.29, 1.82) is 0 Å². The second kappa shape index (κ2) is 6.52. The topological polar surface area (TPSA) is 121 Å². The fourth-order valence-electron chi connectivity index (χ4n) is 2.40. The number of H-pyrrole nitrogens is 1. The van der Waals surface area contributed by atoms with E-state index in [2.05, 4.69) is 15.2 Å². The van der Waals surface area contributed by atoms with Crippen molar-refractivity contribution in [1.82, 2.24) is 4.98 Å². The fourth-order valence-corrected chi connectivity index (χ4v) is 2.40. The summed E-state index contributed by atoms with van der Waals surface area (Å²) in [5, 5.41) is 28.5. The first-order chi connectivity index (χ1) is 12.0. The lowest BCUT2D eigenvalue weighted by atomic mass is 10.1. The number of nitrogens with zero attached hydrogens (tertiary/aromatic N) is 3. The van der Waals surface area contributed by atoms with Gasteiger partial charge in [0.15, 0.2) is 5.69 Å². The predicted octanol–water partition coefficient (Wildman–Crippen LogP) is 4.27. The molecule has 2 aromatic carbocycles. The highest BCUT2D eigenvalue weighted by Gasteiger charge is 2.15. The number of aromatic hydroxyl groups is 1. The lowest BCUT2D eigenvalue weighted by Gasteiger charge is -1.98. The zero-order chi connectivity index (χ0) is 18.0. The molecule has 0 bridgehead atoms. The number of carbonyl (C=O) groups excluding carboxylic acids is 1. The number of nitro benzene ring substituents is 1. The molecule has 1 aromatic heterocycles. The molecule has 0 aliphatic carbocycles. The quantitative estimate of drug-likeness (QED) is 0.419. The molecule has 25 heavy (non-hydrogen) atoms. The number of nitrogens with one attached hydrogen (secondary N) is 1. The van der Waals surface area contributed by atoms with Gasteiger partial charge in [0, 0.05) is 23.1 Å². The molecule has 0 aliphatic heterocycles. The van der Waals surface area contributed by atoms with E-state index < -0.39 is 10.8 Å². The van der Waals surface area contributed by atoms with Gasteiger partial charge in [-0.2, -0.15) is 0 Å². The smallest absolute Gasteiger partial charge is 0.295 e. The second-order valence-electron chi connectivity index (χ2n) is 5.36. The van der Waals surface area contributed by atoms with Crippen LogP contribution in [0, 0.1) is 10.1 Å². The minimum absolute atomic E-state index is 0.0165. The van der Waals surface area contributed by atoms with Crippen LogP contribution in [-0.2, 0) is 6.42 Å². The van der Waals surface area contributed by atoms with E-state index in [0.29, 0.717) is 16.5 Å². The van der Waals surface area contributed by atoms with Gasteiger partial charge in [-0.05, 0) is 30.2 Å². The van der Waals surface area contributed by atoms with Crippen LogP contribution in [0.3, 0.4) is 0 Å². The van der Waals surface area contributed by atoms with Gasteiger partial charge in [0.2, 0.25) is 5.88 Å². The molecule has 0 unspecified atom stereocenters. The maximum Gasteiger partial charge on any atom is 0.295 e. The minimum atomic E-state index is -0.568. The van der Waals surface area contributed by atoms with Crippen molar-refractivity contribution in [3.63, 3.8) is 0 Å². The summed E-state index contributed by atoms with van der Waals surface area (Å²) in [6, 6.07) is 11.0. The molecule has 0 radical (unpaired) electrons. The van der Waals surface area contributed by atoms with Crippen molar-refractivity contribution >= 4 is 28.2 Å². The van der Waals surface area contributed by atoms with E-state index in [-0.39, 0.29) is 17.3 Å². The first kappa shape index (κ1) is 16.3. The Bertz CT molecular complexity index is 990. The van der Waals surface area contributed by atoms with Crippen LogP contribution in [0.2, 0.25) is 0 Å². The first-order valence-corrected chi connectivity index (χ1v) is 7.53. The molecule has 1 amide bonds. The largest absolute Gasteiger partial charge is 0.493 e. The molecule has 1 heterocycles. The third kappa shape index (κ3) is 3.23. The van der Waals surface area contributed by atoms with Crippen LogP contribution in [0.1, 0.15) is 22.8 Å². The zero-order valence-electron chi connectivity index (χ0n) is 13.3. The van der Waals surface area contributed by atoms with Crippen LogP contribution in [-0.4, -0.2) is 20.9 Å². The van der Waals surface area contributed by atoms with Crippen LogP contribution >= 0.6 is 0 Å². The van der Waals surface area contributed by atoms with Crippen molar-refractivity contribution < 1.29 is 14.8 Å². The van der Waals surface area contributed by atoms with Crippen LogP contribution in [0.5, 0.6) is 5.88 Å². The summed E-state index contributed by atoms with van der Waals surface area (Å²) in [6.45, 7) is 2.01. The standard InChI is InChI=1S/C17H14N4O4/c1-2-10-3-5-11(6-4-10)16(22)20-19-15-13-9-12(21(24)25)7-8-14(13)18-17(15)23/h3-9,18,23H,2H2,1H3. The summed E-state index contributed by atoms with van der Waals surface area (Å²) in [7, 11) is 0. The highest BCUT2D eigenvalue weighted by atomic mass is 16.6. The number of aryl methyl sites for hydroxylation is 1. The Kier molecular flexibility index (Phi) is 4.25. The number of carbonyl (C=O) groups is 1. The monoisotopic (exact) mass is 338 g/mol. The number of aromatic amines is 1. The Balaban J connectivity index is 1.94. The van der Waals surface area contributed by atoms with Gasteiger partial charge in [-0.15, -0.1) is 10.2 Å². The van der Waals surface area contributed by atoms with E-state index in [1.807, 2.05) is 19.1 Å². The number of benzene rings is 2. The summed E-state index contributed by atoms with van der Waals surface area (Å²) in [5.41, 5.74) is 1.75. The molecular weight excluding hydrogens is 324 g/mol. The summed E-state index contributed by atoms with van der Waals surface area (Å²) in [4.78, 5) is 25.1. The van der Waals surface area contributed by atoms with E-state index in [9.17, 15) is 20.0 Å². The Morgan fingerprint density at radius 1 is 1.24 bits per heavy atom.